The van der Waals surface area contributed by atoms with Crippen LogP contribution in [0.1, 0.15) is 11.1 Å². The number of aromatic nitrogens is 1. The topological polar surface area (TPSA) is 32.9 Å². The summed E-state index contributed by atoms with van der Waals surface area (Å²) in [7, 11) is 0. The summed E-state index contributed by atoms with van der Waals surface area (Å²) in [5.74, 6) is 0. The number of pyridine rings is 1. The van der Waals surface area contributed by atoms with E-state index in [1.54, 1.807) is 29.6 Å². The lowest BCUT2D eigenvalue weighted by atomic mass is 10.1. The van der Waals surface area contributed by atoms with E-state index >= 15 is 0 Å². The maximum absolute atomic E-state index is 11.8. The molecule has 0 unspecified atom stereocenters. The largest absolute Gasteiger partial charge is 0.322 e. The van der Waals surface area contributed by atoms with Gasteiger partial charge in [-0.15, -0.1) is 0 Å². The molecule has 0 fully saturated rings. The molecule has 114 valence electrons. The summed E-state index contributed by atoms with van der Waals surface area (Å²) in [6.45, 7) is 4.07. The van der Waals surface area contributed by atoms with E-state index in [2.05, 4.69) is 48.3 Å². The summed E-state index contributed by atoms with van der Waals surface area (Å²) in [5.41, 5.74) is 4.18. The second kappa shape index (κ2) is 5.62. The molecule has 0 aliphatic carbocycles. The van der Waals surface area contributed by atoms with Crippen LogP contribution in [0.3, 0.4) is 0 Å². The molecule has 0 atom stereocenters. The molecule has 0 saturated carbocycles. The molecule has 0 bridgehead atoms. The molecule has 0 saturated heterocycles. The minimum absolute atomic E-state index is 0.0536. The maximum Gasteiger partial charge on any atom is 0.248 e. The fourth-order valence-electron chi connectivity index (χ4n) is 2.75. The first-order chi connectivity index (χ1) is 11.1. The van der Waals surface area contributed by atoms with E-state index in [-0.39, 0.29) is 5.56 Å². The lowest BCUT2D eigenvalue weighted by molar-refractivity contribution is 1.13. The second-order valence-corrected chi connectivity index (χ2v) is 7.86. The molecular formula is C19H15NOS2. The maximum atomic E-state index is 11.8. The Balaban J connectivity index is 1.87. The zero-order chi connectivity index (χ0) is 16.0. The standard InChI is InChI=1S/C19H15NOS2/c1-11-6-7-15-17(9-11)22-16-5-3-4-13(19(16)23-15)14-8-12(2)10-18(21)20-14/h3-10H,1-2H3,(H,20,21). The van der Waals surface area contributed by atoms with Crippen LogP contribution in [0, 0.1) is 13.8 Å². The molecule has 0 spiro atoms. The van der Waals surface area contributed by atoms with Gasteiger partial charge in [0.1, 0.15) is 0 Å². The molecule has 2 heterocycles. The highest BCUT2D eigenvalue weighted by molar-refractivity contribution is 8.05. The number of H-pyrrole nitrogens is 1. The summed E-state index contributed by atoms with van der Waals surface area (Å²) in [5, 5.41) is 0. The quantitative estimate of drug-likeness (QED) is 0.513. The van der Waals surface area contributed by atoms with Crippen LogP contribution >= 0.6 is 23.5 Å². The van der Waals surface area contributed by atoms with E-state index in [1.807, 2.05) is 13.0 Å². The Morgan fingerprint density at radius 1 is 0.826 bits per heavy atom. The summed E-state index contributed by atoms with van der Waals surface area (Å²) >= 11 is 3.58. The Labute approximate surface area is 143 Å². The summed E-state index contributed by atoms with van der Waals surface area (Å²) in [6, 6.07) is 16.5. The van der Waals surface area contributed by atoms with Crippen molar-refractivity contribution in [3.8, 4) is 11.3 Å². The van der Waals surface area contributed by atoms with Gasteiger partial charge in [0.15, 0.2) is 0 Å². The van der Waals surface area contributed by atoms with E-state index in [1.165, 1.54) is 25.1 Å². The molecule has 3 aromatic rings. The lowest BCUT2D eigenvalue weighted by Gasteiger charge is -2.21. The first kappa shape index (κ1) is 14.7. The number of hydrogen-bond acceptors (Lipinski definition) is 3. The number of fused-ring (bicyclic) bond motifs is 2. The van der Waals surface area contributed by atoms with E-state index in [4.69, 9.17) is 0 Å². The van der Waals surface area contributed by atoms with Gasteiger partial charge < -0.3 is 4.98 Å². The van der Waals surface area contributed by atoms with Crippen molar-refractivity contribution in [3.63, 3.8) is 0 Å². The Bertz CT molecular complexity index is 975. The van der Waals surface area contributed by atoms with E-state index in [9.17, 15) is 4.79 Å². The van der Waals surface area contributed by atoms with Crippen molar-refractivity contribution >= 4 is 23.5 Å². The highest BCUT2D eigenvalue weighted by atomic mass is 32.2. The van der Waals surface area contributed by atoms with E-state index < -0.39 is 0 Å². The van der Waals surface area contributed by atoms with Gasteiger partial charge in [-0.25, -0.2) is 0 Å². The average Bonchev–Trinajstić information content (AvgIpc) is 2.51. The Kier molecular flexibility index (Phi) is 3.58. The van der Waals surface area contributed by atoms with Crippen LogP contribution in [0.15, 0.2) is 72.9 Å². The van der Waals surface area contributed by atoms with E-state index in [0.29, 0.717) is 0 Å². The Morgan fingerprint density at radius 3 is 2.52 bits per heavy atom. The van der Waals surface area contributed by atoms with Gasteiger partial charge in [0.2, 0.25) is 5.56 Å². The molecule has 1 aliphatic rings. The third-order valence-electron chi connectivity index (χ3n) is 3.79. The fraction of sp³-hybridized carbons (Fsp3) is 0.105. The molecule has 4 heteroatoms. The fourth-order valence-corrected chi connectivity index (χ4v) is 5.22. The van der Waals surface area contributed by atoms with E-state index in [0.717, 1.165) is 16.8 Å². The zero-order valence-electron chi connectivity index (χ0n) is 12.8. The highest BCUT2D eigenvalue weighted by Crippen LogP contribution is 2.51. The summed E-state index contributed by atoms with van der Waals surface area (Å²) in [6.07, 6.45) is 0. The van der Waals surface area contributed by atoms with Crippen LogP contribution in [0.5, 0.6) is 0 Å². The van der Waals surface area contributed by atoms with Gasteiger partial charge >= 0.3 is 0 Å². The SMILES string of the molecule is Cc1ccc2c(c1)Sc1cccc(-c3cc(C)cc(=O)[nH]3)c1S2. The summed E-state index contributed by atoms with van der Waals surface area (Å²) in [4.78, 5) is 19.8. The zero-order valence-corrected chi connectivity index (χ0v) is 14.5. The van der Waals surface area contributed by atoms with Crippen molar-refractivity contribution in [1.29, 1.82) is 0 Å². The predicted octanol–water partition coefficient (Wildman–Crippen LogP) is 5.27. The van der Waals surface area contributed by atoms with Crippen molar-refractivity contribution in [3.05, 3.63) is 70.0 Å². The first-order valence-electron chi connectivity index (χ1n) is 7.41. The summed E-state index contributed by atoms with van der Waals surface area (Å²) < 4.78 is 0. The van der Waals surface area contributed by atoms with Gasteiger partial charge in [0.25, 0.3) is 0 Å². The number of nitrogens with one attached hydrogen (secondary N) is 1. The molecule has 0 radical (unpaired) electrons. The second-order valence-electron chi connectivity index (χ2n) is 5.72. The van der Waals surface area contributed by atoms with Gasteiger partial charge in [0, 0.05) is 36.9 Å². The van der Waals surface area contributed by atoms with Crippen molar-refractivity contribution in [2.24, 2.45) is 0 Å². The predicted molar refractivity (Wildman–Crippen MR) is 96.7 cm³/mol. The molecule has 1 N–H and O–H groups in total. The van der Waals surface area contributed by atoms with Crippen molar-refractivity contribution in [2.45, 2.75) is 33.4 Å². The molecule has 2 nitrogen and oxygen atoms in total. The normalized spacial score (nSPS) is 12.6. The molecule has 23 heavy (non-hydrogen) atoms. The third kappa shape index (κ3) is 2.73. The number of benzene rings is 2. The van der Waals surface area contributed by atoms with Crippen LogP contribution in [-0.4, -0.2) is 4.98 Å². The Morgan fingerprint density at radius 2 is 1.70 bits per heavy atom. The number of aromatic amines is 1. The van der Waals surface area contributed by atoms with Crippen molar-refractivity contribution < 1.29 is 0 Å². The first-order valence-corrected chi connectivity index (χ1v) is 9.04. The number of aryl methyl sites for hydroxylation is 2. The third-order valence-corrected chi connectivity index (χ3v) is 6.38. The van der Waals surface area contributed by atoms with Crippen LogP contribution < -0.4 is 5.56 Å². The van der Waals surface area contributed by atoms with Crippen LogP contribution in [0.25, 0.3) is 11.3 Å². The monoisotopic (exact) mass is 337 g/mol. The van der Waals surface area contributed by atoms with Crippen LogP contribution in [0.4, 0.5) is 0 Å². The minimum atomic E-state index is -0.0536. The van der Waals surface area contributed by atoms with Gasteiger partial charge in [-0.2, -0.15) is 0 Å². The van der Waals surface area contributed by atoms with Crippen molar-refractivity contribution in [1.82, 2.24) is 4.98 Å². The van der Waals surface area contributed by atoms with Crippen LogP contribution in [0.2, 0.25) is 0 Å². The van der Waals surface area contributed by atoms with Gasteiger partial charge in [-0.05, 0) is 49.2 Å². The van der Waals surface area contributed by atoms with Gasteiger partial charge in [-0.3, -0.25) is 4.79 Å². The molecular weight excluding hydrogens is 322 g/mol. The molecule has 4 rings (SSSR count). The number of rotatable bonds is 1. The molecule has 2 aromatic carbocycles. The molecule has 0 amide bonds. The van der Waals surface area contributed by atoms with Crippen molar-refractivity contribution in [2.75, 3.05) is 0 Å². The lowest BCUT2D eigenvalue weighted by Crippen LogP contribution is -2.06. The minimum Gasteiger partial charge on any atom is -0.322 e. The average molecular weight is 337 g/mol. The Hall–Kier alpha value is -1.91. The molecule has 1 aromatic heterocycles. The highest BCUT2D eigenvalue weighted by Gasteiger charge is 2.20. The smallest absolute Gasteiger partial charge is 0.248 e. The van der Waals surface area contributed by atoms with Gasteiger partial charge in [0.05, 0.1) is 0 Å². The van der Waals surface area contributed by atoms with Gasteiger partial charge in [-0.1, -0.05) is 41.7 Å². The van der Waals surface area contributed by atoms with Crippen LogP contribution in [-0.2, 0) is 0 Å². The molecule has 1 aliphatic heterocycles. The number of hydrogen-bond donors (Lipinski definition) is 1.